The van der Waals surface area contributed by atoms with Crippen molar-refractivity contribution in [1.29, 1.82) is 0 Å². The standard InChI is InChI=1S/C18H21N5S/c1-11-5-4-6-14(12(11)2)15-9-17(23-18(19)22-15)20-8-7-16-13(3)21-10-24-16/h4-6,9-10H,7-8H2,1-3H3,(H3,19,20,22,23). The van der Waals surface area contributed by atoms with Gasteiger partial charge in [-0.05, 0) is 31.9 Å². The number of benzene rings is 1. The normalized spacial score (nSPS) is 10.8. The smallest absolute Gasteiger partial charge is 0.222 e. The van der Waals surface area contributed by atoms with Gasteiger partial charge in [0.25, 0.3) is 0 Å². The second-order valence-corrected chi connectivity index (χ2v) is 6.72. The van der Waals surface area contributed by atoms with E-state index in [1.54, 1.807) is 11.3 Å². The fourth-order valence-electron chi connectivity index (χ4n) is 2.59. The van der Waals surface area contributed by atoms with Gasteiger partial charge in [-0.3, -0.25) is 0 Å². The average Bonchev–Trinajstić information content (AvgIpc) is 2.95. The van der Waals surface area contributed by atoms with Gasteiger partial charge in [0.15, 0.2) is 0 Å². The Bertz CT molecular complexity index is 856. The first-order chi connectivity index (χ1) is 11.5. The van der Waals surface area contributed by atoms with E-state index in [2.05, 4.69) is 46.2 Å². The molecular formula is C18H21N5S. The van der Waals surface area contributed by atoms with Crippen LogP contribution in [0.3, 0.4) is 0 Å². The van der Waals surface area contributed by atoms with Gasteiger partial charge in [-0.15, -0.1) is 11.3 Å². The van der Waals surface area contributed by atoms with Crippen LogP contribution in [0.2, 0.25) is 0 Å². The maximum Gasteiger partial charge on any atom is 0.222 e. The predicted molar refractivity (Wildman–Crippen MR) is 100 cm³/mol. The molecule has 0 atom stereocenters. The molecule has 0 fully saturated rings. The Morgan fingerprint density at radius 1 is 1.17 bits per heavy atom. The molecule has 0 aliphatic rings. The molecule has 0 spiro atoms. The molecule has 5 nitrogen and oxygen atoms in total. The van der Waals surface area contributed by atoms with Gasteiger partial charge in [-0.2, -0.15) is 4.98 Å². The van der Waals surface area contributed by atoms with E-state index < -0.39 is 0 Å². The maximum absolute atomic E-state index is 5.91. The fraction of sp³-hybridized carbons (Fsp3) is 0.278. The van der Waals surface area contributed by atoms with Gasteiger partial charge in [0, 0.05) is 29.5 Å². The van der Waals surface area contributed by atoms with E-state index in [4.69, 9.17) is 5.73 Å². The zero-order valence-corrected chi connectivity index (χ0v) is 14.9. The predicted octanol–water partition coefficient (Wildman–Crippen LogP) is 3.76. The summed E-state index contributed by atoms with van der Waals surface area (Å²) in [7, 11) is 0. The molecule has 3 rings (SSSR count). The SMILES string of the molecule is Cc1cccc(-c2cc(NCCc3scnc3C)nc(N)n2)c1C. The first kappa shape index (κ1) is 16.4. The molecule has 3 N–H and O–H groups in total. The molecule has 0 aliphatic carbocycles. The Kier molecular flexibility index (Phi) is 4.76. The van der Waals surface area contributed by atoms with Crippen LogP contribution in [0.5, 0.6) is 0 Å². The number of hydrogen-bond donors (Lipinski definition) is 2. The van der Waals surface area contributed by atoms with Gasteiger partial charge in [-0.25, -0.2) is 9.97 Å². The number of rotatable bonds is 5. The lowest BCUT2D eigenvalue weighted by Gasteiger charge is -2.11. The molecule has 0 saturated carbocycles. The molecule has 6 heteroatoms. The monoisotopic (exact) mass is 339 g/mol. The lowest BCUT2D eigenvalue weighted by atomic mass is 10.0. The molecule has 2 heterocycles. The molecule has 124 valence electrons. The average molecular weight is 339 g/mol. The Balaban J connectivity index is 1.79. The molecule has 0 radical (unpaired) electrons. The number of hydrogen-bond acceptors (Lipinski definition) is 6. The quantitative estimate of drug-likeness (QED) is 0.740. The Labute approximate surface area is 146 Å². The summed E-state index contributed by atoms with van der Waals surface area (Å²) in [4.78, 5) is 14.3. The van der Waals surface area contributed by atoms with Crippen LogP contribution in [0.25, 0.3) is 11.3 Å². The highest BCUT2D eigenvalue weighted by atomic mass is 32.1. The van der Waals surface area contributed by atoms with Crippen molar-refractivity contribution in [3.8, 4) is 11.3 Å². The number of aryl methyl sites for hydroxylation is 2. The zero-order valence-electron chi connectivity index (χ0n) is 14.1. The van der Waals surface area contributed by atoms with Crippen LogP contribution < -0.4 is 11.1 Å². The van der Waals surface area contributed by atoms with E-state index in [0.717, 1.165) is 35.7 Å². The molecule has 24 heavy (non-hydrogen) atoms. The van der Waals surface area contributed by atoms with Crippen LogP contribution in [-0.2, 0) is 6.42 Å². The van der Waals surface area contributed by atoms with E-state index in [0.29, 0.717) is 0 Å². The third-order valence-electron chi connectivity index (χ3n) is 4.13. The molecule has 0 saturated heterocycles. The molecule has 3 aromatic rings. The number of nitrogen functional groups attached to an aromatic ring is 1. The number of aromatic nitrogens is 3. The van der Waals surface area contributed by atoms with E-state index in [1.807, 2.05) is 24.6 Å². The van der Waals surface area contributed by atoms with Crippen molar-refractivity contribution < 1.29 is 0 Å². The van der Waals surface area contributed by atoms with Crippen LogP contribution in [-0.4, -0.2) is 21.5 Å². The summed E-state index contributed by atoms with van der Waals surface area (Å²) in [5, 5.41) is 3.34. The Morgan fingerprint density at radius 2 is 2.00 bits per heavy atom. The minimum Gasteiger partial charge on any atom is -0.370 e. The van der Waals surface area contributed by atoms with Gasteiger partial charge in [0.1, 0.15) is 5.82 Å². The first-order valence-electron chi connectivity index (χ1n) is 7.88. The molecule has 0 unspecified atom stereocenters. The fourth-order valence-corrected chi connectivity index (χ4v) is 3.37. The summed E-state index contributed by atoms with van der Waals surface area (Å²) in [6.45, 7) is 7.02. The van der Waals surface area contributed by atoms with Gasteiger partial charge < -0.3 is 11.1 Å². The number of nitrogens with zero attached hydrogens (tertiary/aromatic N) is 3. The zero-order chi connectivity index (χ0) is 17.1. The minimum absolute atomic E-state index is 0.282. The molecule has 0 amide bonds. The van der Waals surface area contributed by atoms with Crippen molar-refractivity contribution in [3.05, 3.63) is 51.5 Å². The van der Waals surface area contributed by atoms with Crippen molar-refractivity contribution in [1.82, 2.24) is 15.0 Å². The number of nitrogens with one attached hydrogen (secondary N) is 1. The highest BCUT2D eigenvalue weighted by molar-refractivity contribution is 7.09. The largest absolute Gasteiger partial charge is 0.370 e. The summed E-state index contributed by atoms with van der Waals surface area (Å²) in [5.41, 5.74) is 13.3. The Hall–Kier alpha value is -2.47. The topological polar surface area (TPSA) is 76.7 Å². The van der Waals surface area contributed by atoms with E-state index >= 15 is 0 Å². The van der Waals surface area contributed by atoms with Crippen LogP contribution in [0.15, 0.2) is 29.8 Å². The Morgan fingerprint density at radius 3 is 2.75 bits per heavy atom. The van der Waals surface area contributed by atoms with Crippen LogP contribution in [0, 0.1) is 20.8 Å². The van der Waals surface area contributed by atoms with Crippen LogP contribution >= 0.6 is 11.3 Å². The summed E-state index contributed by atoms with van der Waals surface area (Å²) in [6, 6.07) is 8.15. The van der Waals surface area contributed by atoms with E-state index in [-0.39, 0.29) is 5.95 Å². The number of anilines is 2. The van der Waals surface area contributed by atoms with Crippen molar-refractivity contribution >= 4 is 23.1 Å². The summed E-state index contributed by atoms with van der Waals surface area (Å²) >= 11 is 1.68. The summed E-state index contributed by atoms with van der Waals surface area (Å²) in [5.74, 6) is 1.03. The lowest BCUT2D eigenvalue weighted by molar-refractivity contribution is 1.00. The minimum atomic E-state index is 0.282. The summed E-state index contributed by atoms with van der Waals surface area (Å²) < 4.78 is 0. The highest BCUT2D eigenvalue weighted by Gasteiger charge is 2.09. The second kappa shape index (κ2) is 6.97. The van der Waals surface area contributed by atoms with Crippen LogP contribution in [0.1, 0.15) is 21.7 Å². The van der Waals surface area contributed by atoms with Crippen molar-refractivity contribution in [2.24, 2.45) is 0 Å². The van der Waals surface area contributed by atoms with Crippen molar-refractivity contribution in [2.75, 3.05) is 17.6 Å². The summed E-state index contributed by atoms with van der Waals surface area (Å²) in [6.07, 6.45) is 0.916. The van der Waals surface area contributed by atoms with Gasteiger partial charge in [-0.1, -0.05) is 18.2 Å². The number of thiazole rings is 1. The molecule has 0 bridgehead atoms. The van der Waals surface area contributed by atoms with Crippen molar-refractivity contribution in [2.45, 2.75) is 27.2 Å². The molecular weight excluding hydrogens is 318 g/mol. The molecule has 2 aromatic heterocycles. The lowest BCUT2D eigenvalue weighted by Crippen LogP contribution is -2.08. The second-order valence-electron chi connectivity index (χ2n) is 5.78. The van der Waals surface area contributed by atoms with Crippen molar-refractivity contribution in [3.63, 3.8) is 0 Å². The highest BCUT2D eigenvalue weighted by Crippen LogP contribution is 2.26. The van der Waals surface area contributed by atoms with Crippen LogP contribution in [0.4, 0.5) is 11.8 Å². The third kappa shape index (κ3) is 3.54. The van der Waals surface area contributed by atoms with E-state index in [1.165, 1.54) is 16.0 Å². The third-order valence-corrected chi connectivity index (χ3v) is 5.12. The van der Waals surface area contributed by atoms with Gasteiger partial charge >= 0.3 is 0 Å². The van der Waals surface area contributed by atoms with Gasteiger partial charge in [0.05, 0.1) is 16.9 Å². The molecule has 1 aromatic carbocycles. The van der Waals surface area contributed by atoms with E-state index in [9.17, 15) is 0 Å². The first-order valence-corrected chi connectivity index (χ1v) is 8.76. The molecule has 0 aliphatic heterocycles. The number of nitrogens with two attached hydrogens (primary N) is 1. The van der Waals surface area contributed by atoms with Gasteiger partial charge in [0.2, 0.25) is 5.95 Å². The maximum atomic E-state index is 5.91.